The molecule has 0 atom stereocenters. The molecule has 0 radical (unpaired) electrons. The molecule has 28 heavy (non-hydrogen) atoms. The Balaban J connectivity index is 1.42. The lowest BCUT2D eigenvalue weighted by Crippen LogP contribution is -2.37. The Morgan fingerprint density at radius 3 is 2.86 bits per heavy atom. The number of nitrogens with one attached hydrogen (secondary N) is 2. The van der Waals surface area contributed by atoms with Gasteiger partial charge in [0.2, 0.25) is 0 Å². The van der Waals surface area contributed by atoms with Crippen LogP contribution in [-0.2, 0) is 6.42 Å². The van der Waals surface area contributed by atoms with Crippen molar-refractivity contribution in [3.05, 3.63) is 83.1 Å². The second-order valence-electron chi connectivity index (χ2n) is 6.84. The van der Waals surface area contributed by atoms with Gasteiger partial charge in [-0.15, -0.1) is 0 Å². The van der Waals surface area contributed by atoms with E-state index in [1.807, 2.05) is 36.4 Å². The van der Waals surface area contributed by atoms with Gasteiger partial charge in [-0.3, -0.25) is 9.78 Å². The lowest BCUT2D eigenvalue weighted by Gasteiger charge is -2.28. The zero-order valence-corrected chi connectivity index (χ0v) is 15.7. The fourth-order valence-corrected chi connectivity index (χ4v) is 3.84. The number of nitrogens with zero attached hydrogens (tertiary/aromatic N) is 2. The van der Waals surface area contributed by atoms with E-state index in [9.17, 15) is 4.79 Å². The predicted molar refractivity (Wildman–Crippen MR) is 113 cm³/mol. The summed E-state index contributed by atoms with van der Waals surface area (Å²) in [5.41, 5.74) is 4.35. The zero-order valence-electron chi connectivity index (χ0n) is 14.9. The van der Waals surface area contributed by atoms with Crippen LogP contribution in [0.1, 0.15) is 15.9 Å². The van der Waals surface area contributed by atoms with E-state index in [4.69, 9.17) is 11.6 Å². The number of benzene rings is 2. The van der Waals surface area contributed by atoms with Crippen molar-refractivity contribution in [2.75, 3.05) is 16.8 Å². The molecule has 5 nitrogen and oxygen atoms in total. The lowest BCUT2D eigenvalue weighted by molar-refractivity contribution is 0.0980. The highest BCUT2D eigenvalue weighted by atomic mass is 35.5. The molecule has 1 aliphatic heterocycles. The Morgan fingerprint density at radius 1 is 1.07 bits per heavy atom. The van der Waals surface area contributed by atoms with Crippen LogP contribution in [-0.4, -0.2) is 22.4 Å². The van der Waals surface area contributed by atoms with E-state index < -0.39 is 0 Å². The van der Waals surface area contributed by atoms with Crippen LogP contribution in [0.3, 0.4) is 0 Å². The fraction of sp³-hybridized carbons (Fsp3) is 0.0909. The van der Waals surface area contributed by atoms with Gasteiger partial charge in [0, 0.05) is 28.0 Å². The third-order valence-electron chi connectivity index (χ3n) is 4.99. The Kier molecular flexibility index (Phi) is 4.02. The van der Waals surface area contributed by atoms with Gasteiger partial charge in [0.25, 0.3) is 5.91 Å². The topological polar surface area (TPSA) is 61.0 Å². The van der Waals surface area contributed by atoms with Crippen LogP contribution in [0.4, 0.5) is 17.2 Å². The van der Waals surface area contributed by atoms with E-state index in [1.54, 1.807) is 29.4 Å². The highest BCUT2D eigenvalue weighted by molar-refractivity contribution is 6.30. The van der Waals surface area contributed by atoms with Crippen molar-refractivity contribution >= 4 is 45.6 Å². The standard InChI is InChI=1S/C22H17ClN4O/c23-16-5-6-19-14(9-16)7-8-27(22(19)28)18-11-17(12-24-13-18)25-21-10-15-3-1-2-4-20(15)26-21/h1-6,9-13,25-26H,7-8H2. The number of rotatable bonds is 3. The molecule has 2 aromatic heterocycles. The number of carbonyl (C=O) groups is 1. The number of carbonyl (C=O) groups excluding carboxylic acids is 1. The van der Waals surface area contributed by atoms with Crippen LogP contribution >= 0.6 is 11.6 Å². The summed E-state index contributed by atoms with van der Waals surface area (Å²) in [5, 5.41) is 5.13. The van der Waals surface area contributed by atoms with Crippen molar-refractivity contribution in [2.24, 2.45) is 0 Å². The van der Waals surface area contributed by atoms with E-state index in [2.05, 4.69) is 21.4 Å². The summed E-state index contributed by atoms with van der Waals surface area (Å²) in [5.74, 6) is 0.854. The molecule has 4 aromatic rings. The first-order chi connectivity index (χ1) is 13.7. The minimum Gasteiger partial charge on any atom is -0.341 e. The van der Waals surface area contributed by atoms with Crippen LogP contribution in [0.25, 0.3) is 10.9 Å². The van der Waals surface area contributed by atoms with Gasteiger partial charge >= 0.3 is 0 Å². The summed E-state index contributed by atoms with van der Waals surface area (Å²) in [7, 11) is 0. The van der Waals surface area contributed by atoms with Crippen LogP contribution in [0.5, 0.6) is 0 Å². The average Bonchev–Trinajstić information content (AvgIpc) is 3.10. The number of hydrogen-bond donors (Lipinski definition) is 2. The molecule has 2 aromatic carbocycles. The first-order valence-electron chi connectivity index (χ1n) is 9.07. The molecule has 2 N–H and O–H groups in total. The summed E-state index contributed by atoms with van der Waals surface area (Å²) < 4.78 is 0. The minimum atomic E-state index is -0.0255. The molecule has 5 rings (SSSR count). The molecule has 1 amide bonds. The third-order valence-corrected chi connectivity index (χ3v) is 5.23. The number of aromatic nitrogens is 2. The smallest absolute Gasteiger partial charge is 0.258 e. The van der Waals surface area contributed by atoms with Gasteiger partial charge in [-0.25, -0.2) is 0 Å². The van der Waals surface area contributed by atoms with Gasteiger partial charge in [-0.05, 0) is 48.4 Å². The molecule has 3 heterocycles. The van der Waals surface area contributed by atoms with Crippen LogP contribution < -0.4 is 10.2 Å². The average molecular weight is 389 g/mol. The maximum atomic E-state index is 12.9. The molecule has 138 valence electrons. The van der Waals surface area contributed by atoms with Crippen molar-refractivity contribution in [2.45, 2.75) is 6.42 Å². The Morgan fingerprint density at radius 2 is 1.96 bits per heavy atom. The maximum absolute atomic E-state index is 12.9. The fourth-order valence-electron chi connectivity index (χ4n) is 3.64. The minimum absolute atomic E-state index is 0.0255. The van der Waals surface area contributed by atoms with Crippen molar-refractivity contribution in [3.63, 3.8) is 0 Å². The van der Waals surface area contributed by atoms with Gasteiger partial charge < -0.3 is 15.2 Å². The largest absolute Gasteiger partial charge is 0.341 e. The first-order valence-corrected chi connectivity index (χ1v) is 9.45. The second-order valence-corrected chi connectivity index (χ2v) is 7.27. The molecule has 1 aliphatic rings. The Bertz CT molecular complexity index is 1170. The molecule has 6 heteroatoms. The quantitative estimate of drug-likeness (QED) is 0.509. The summed E-state index contributed by atoms with van der Waals surface area (Å²) >= 11 is 6.06. The van der Waals surface area contributed by atoms with E-state index in [-0.39, 0.29) is 5.91 Å². The van der Waals surface area contributed by atoms with Gasteiger partial charge in [-0.2, -0.15) is 0 Å². The molecule has 0 saturated carbocycles. The van der Waals surface area contributed by atoms with E-state index in [0.29, 0.717) is 17.1 Å². The van der Waals surface area contributed by atoms with Gasteiger partial charge in [0.1, 0.15) is 5.82 Å². The number of fused-ring (bicyclic) bond motifs is 2. The van der Waals surface area contributed by atoms with E-state index in [0.717, 1.165) is 40.1 Å². The number of halogens is 1. The van der Waals surface area contributed by atoms with Crippen molar-refractivity contribution in [1.82, 2.24) is 9.97 Å². The first kappa shape index (κ1) is 16.8. The van der Waals surface area contributed by atoms with Gasteiger partial charge in [0.15, 0.2) is 0 Å². The number of para-hydroxylation sites is 1. The van der Waals surface area contributed by atoms with Gasteiger partial charge in [-0.1, -0.05) is 29.8 Å². The summed E-state index contributed by atoms with van der Waals surface area (Å²) in [6.07, 6.45) is 4.23. The number of hydrogen-bond acceptors (Lipinski definition) is 3. The number of amides is 1. The van der Waals surface area contributed by atoms with Crippen molar-refractivity contribution < 1.29 is 4.79 Å². The molecule has 0 spiro atoms. The van der Waals surface area contributed by atoms with E-state index >= 15 is 0 Å². The third kappa shape index (κ3) is 3.00. The summed E-state index contributed by atoms with van der Waals surface area (Å²) in [4.78, 5) is 22.4. The zero-order chi connectivity index (χ0) is 19.1. The van der Waals surface area contributed by atoms with Crippen molar-refractivity contribution in [1.29, 1.82) is 0 Å². The van der Waals surface area contributed by atoms with Crippen LogP contribution in [0.15, 0.2) is 67.0 Å². The maximum Gasteiger partial charge on any atom is 0.258 e. The Hall–Kier alpha value is -3.31. The molecule has 0 aliphatic carbocycles. The monoisotopic (exact) mass is 388 g/mol. The molecule has 0 unspecified atom stereocenters. The molecular formula is C22H17ClN4O. The SMILES string of the molecule is O=C1c2ccc(Cl)cc2CCN1c1cncc(Nc2cc3ccccc3[nH]2)c1. The van der Waals surface area contributed by atoms with Crippen LogP contribution in [0, 0.1) is 0 Å². The number of H-pyrrole nitrogens is 1. The van der Waals surface area contributed by atoms with Gasteiger partial charge in [0.05, 0.1) is 23.8 Å². The molecule has 0 bridgehead atoms. The second kappa shape index (κ2) is 6.69. The van der Waals surface area contributed by atoms with E-state index in [1.165, 1.54) is 0 Å². The van der Waals surface area contributed by atoms with Crippen molar-refractivity contribution in [3.8, 4) is 0 Å². The lowest BCUT2D eigenvalue weighted by atomic mass is 9.99. The number of anilines is 3. The highest BCUT2D eigenvalue weighted by Gasteiger charge is 2.26. The normalized spacial score (nSPS) is 13.6. The van der Waals surface area contributed by atoms with Crippen LogP contribution in [0.2, 0.25) is 5.02 Å². The summed E-state index contributed by atoms with van der Waals surface area (Å²) in [6, 6.07) is 17.5. The summed E-state index contributed by atoms with van der Waals surface area (Å²) in [6.45, 7) is 0.601. The highest BCUT2D eigenvalue weighted by Crippen LogP contribution is 2.29. The molecule has 0 saturated heterocycles. The number of aromatic amines is 1. The molecule has 0 fully saturated rings. The number of pyridine rings is 1. The Labute approximate surface area is 167 Å². The predicted octanol–water partition coefficient (Wildman–Crippen LogP) is 5.16. The molecular weight excluding hydrogens is 372 g/mol.